The van der Waals surface area contributed by atoms with Gasteiger partial charge in [0.2, 0.25) is 0 Å². The van der Waals surface area contributed by atoms with Crippen molar-refractivity contribution in [3.05, 3.63) is 46.0 Å². The van der Waals surface area contributed by atoms with E-state index in [-0.39, 0.29) is 23.4 Å². The molecule has 0 spiro atoms. The van der Waals surface area contributed by atoms with E-state index in [0.717, 1.165) is 6.07 Å². The van der Waals surface area contributed by atoms with Crippen molar-refractivity contribution < 1.29 is 24.4 Å². The number of carboxylic acids is 1. The van der Waals surface area contributed by atoms with E-state index in [9.17, 15) is 19.7 Å². The van der Waals surface area contributed by atoms with E-state index in [1.54, 1.807) is 19.1 Å². The summed E-state index contributed by atoms with van der Waals surface area (Å²) in [5, 5.41) is 22.3. The molecule has 22 heavy (non-hydrogen) atoms. The number of hydrogen-bond donors (Lipinski definition) is 2. The number of carbonyl (C=O) groups is 2. The molecule has 0 bridgehead atoms. The lowest BCUT2D eigenvalue weighted by Crippen LogP contribution is -2.40. The molecular formula is C14H16N2O6. The van der Waals surface area contributed by atoms with Crippen molar-refractivity contribution >= 4 is 17.6 Å². The summed E-state index contributed by atoms with van der Waals surface area (Å²) in [5.74, 6) is -1.87. The highest BCUT2D eigenvalue weighted by atomic mass is 16.6. The van der Waals surface area contributed by atoms with Crippen molar-refractivity contribution in [2.75, 3.05) is 7.11 Å². The Kier molecular flexibility index (Phi) is 6.06. The maximum atomic E-state index is 12.0. The Morgan fingerprint density at radius 3 is 2.68 bits per heavy atom. The largest absolute Gasteiger partial charge is 0.490 e. The number of methoxy groups -OCH3 is 1. The molecule has 118 valence electrons. The lowest BCUT2D eigenvalue weighted by Gasteiger charge is -2.13. The number of nitrogens with one attached hydrogen (secondary N) is 1. The van der Waals surface area contributed by atoms with Gasteiger partial charge < -0.3 is 15.2 Å². The maximum absolute atomic E-state index is 12.0. The van der Waals surface area contributed by atoms with E-state index in [2.05, 4.69) is 5.32 Å². The van der Waals surface area contributed by atoms with E-state index in [0.29, 0.717) is 0 Å². The predicted octanol–water partition coefficient (Wildman–Crippen LogP) is 1.75. The number of nitrogens with zero attached hydrogens (tertiary/aromatic N) is 1. The van der Waals surface area contributed by atoms with Crippen molar-refractivity contribution in [2.45, 2.75) is 19.4 Å². The molecule has 1 aromatic carbocycles. The highest BCUT2D eigenvalue weighted by molar-refractivity contribution is 5.97. The van der Waals surface area contributed by atoms with Crippen LogP contribution in [0.1, 0.15) is 23.7 Å². The Bertz CT molecular complexity index is 611. The Morgan fingerprint density at radius 2 is 2.18 bits per heavy atom. The van der Waals surface area contributed by atoms with Gasteiger partial charge in [-0.25, -0.2) is 4.79 Å². The lowest BCUT2D eigenvalue weighted by molar-refractivity contribution is -0.385. The smallest absolute Gasteiger partial charge is 0.326 e. The first kappa shape index (κ1) is 17.2. The fraction of sp³-hybridized carbons (Fsp3) is 0.286. The van der Waals surface area contributed by atoms with Crippen molar-refractivity contribution in [1.82, 2.24) is 5.32 Å². The van der Waals surface area contributed by atoms with E-state index in [4.69, 9.17) is 9.84 Å². The highest BCUT2D eigenvalue weighted by Gasteiger charge is 2.22. The number of aliphatic carboxylic acids is 1. The van der Waals surface area contributed by atoms with E-state index >= 15 is 0 Å². The standard InChI is InChI=1S/C14H16N2O6/c1-3-4-5-10(14(18)19)15-13(17)9-6-7-12(22-2)11(8-9)16(20)21/h3-4,6-8,10H,5H2,1-2H3,(H,15,17)(H,18,19)/b4-3+. The SMILES string of the molecule is C/C=C/CC(NC(=O)c1ccc(OC)c([N+](=O)[O-])c1)C(=O)O. The molecule has 0 fully saturated rings. The Balaban J connectivity index is 2.99. The summed E-state index contributed by atoms with van der Waals surface area (Å²) in [6.07, 6.45) is 3.39. The van der Waals surface area contributed by atoms with Crippen LogP contribution in [0.2, 0.25) is 0 Å². The lowest BCUT2D eigenvalue weighted by atomic mass is 10.1. The number of carboxylic acid groups (broad SMARTS) is 1. The molecule has 8 heteroatoms. The first-order valence-corrected chi connectivity index (χ1v) is 6.38. The summed E-state index contributed by atoms with van der Waals surface area (Å²) in [7, 11) is 1.28. The molecule has 0 saturated carbocycles. The number of amides is 1. The summed E-state index contributed by atoms with van der Waals surface area (Å²) in [6.45, 7) is 1.73. The van der Waals surface area contributed by atoms with Gasteiger partial charge in [-0.2, -0.15) is 0 Å². The van der Waals surface area contributed by atoms with E-state index in [1.165, 1.54) is 19.2 Å². The van der Waals surface area contributed by atoms with Crippen LogP contribution in [-0.2, 0) is 4.79 Å². The first-order chi connectivity index (χ1) is 10.4. The monoisotopic (exact) mass is 308 g/mol. The number of carbonyl (C=O) groups excluding carboxylic acids is 1. The van der Waals surface area contributed by atoms with Crippen LogP contribution in [0.3, 0.4) is 0 Å². The number of nitro benzene ring substituents is 1. The zero-order chi connectivity index (χ0) is 16.7. The van der Waals surface area contributed by atoms with Gasteiger partial charge in [0, 0.05) is 11.6 Å². The molecule has 0 radical (unpaired) electrons. The van der Waals surface area contributed by atoms with Crippen molar-refractivity contribution in [1.29, 1.82) is 0 Å². The van der Waals surface area contributed by atoms with E-state index < -0.39 is 22.8 Å². The Labute approximate surface area is 126 Å². The minimum absolute atomic E-state index is 0.0146. The van der Waals surface area contributed by atoms with Crippen molar-refractivity contribution in [2.24, 2.45) is 0 Å². The molecule has 1 aromatic rings. The zero-order valence-electron chi connectivity index (χ0n) is 12.1. The van der Waals surface area contributed by atoms with Crippen molar-refractivity contribution in [3.63, 3.8) is 0 Å². The van der Waals surface area contributed by atoms with Crippen LogP contribution in [0.15, 0.2) is 30.4 Å². The van der Waals surface area contributed by atoms with Crippen LogP contribution in [-0.4, -0.2) is 35.1 Å². The molecule has 0 aliphatic rings. The number of benzene rings is 1. The molecule has 2 N–H and O–H groups in total. The number of allylic oxidation sites excluding steroid dienone is 1. The number of rotatable bonds is 7. The van der Waals surface area contributed by atoms with Gasteiger partial charge in [0.25, 0.3) is 5.91 Å². The van der Waals surface area contributed by atoms with Gasteiger partial charge in [0.15, 0.2) is 5.75 Å². The molecule has 0 aromatic heterocycles. The second-order valence-electron chi connectivity index (χ2n) is 4.31. The molecule has 0 aliphatic heterocycles. The van der Waals surface area contributed by atoms with Crippen LogP contribution in [0.25, 0.3) is 0 Å². The second kappa shape index (κ2) is 7.77. The number of nitro groups is 1. The fourth-order valence-corrected chi connectivity index (χ4v) is 1.71. The Hall–Kier alpha value is -2.90. The minimum atomic E-state index is -1.19. The van der Waals surface area contributed by atoms with Gasteiger partial charge in [0.05, 0.1) is 12.0 Å². The highest BCUT2D eigenvalue weighted by Crippen LogP contribution is 2.27. The third-order valence-electron chi connectivity index (χ3n) is 2.85. The molecule has 0 aliphatic carbocycles. The third kappa shape index (κ3) is 4.30. The summed E-state index contributed by atoms with van der Waals surface area (Å²) >= 11 is 0. The van der Waals surface area contributed by atoms with Gasteiger partial charge in [-0.05, 0) is 25.5 Å². The van der Waals surface area contributed by atoms with Crippen LogP contribution < -0.4 is 10.1 Å². The summed E-state index contributed by atoms with van der Waals surface area (Å²) in [6, 6.07) is 2.55. The van der Waals surface area contributed by atoms with Crippen molar-refractivity contribution in [3.8, 4) is 5.75 Å². The number of ether oxygens (including phenoxy) is 1. The maximum Gasteiger partial charge on any atom is 0.326 e. The fourth-order valence-electron chi connectivity index (χ4n) is 1.71. The number of hydrogen-bond acceptors (Lipinski definition) is 5. The molecule has 1 amide bonds. The topological polar surface area (TPSA) is 119 Å². The summed E-state index contributed by atoms with van der Waals surface area (Å²) in [5.41, 5.74) is -0.380. The summed E-state index contributed by atoms with van der Waals surface area (Å²) in [4.78, 5) is 33.3. The second-order valence-corrected chi connectivity index (χ2v) is 4.31. The molecule has 1 atom stereocenters. The normalized spacial score (nSPS) is 11.9. The van der Waals surface area contributed by atoms with Gasteiger partial charge in [-0.3, -0.25) is 14.9 Å². The summed E-state index contributed by atoms with van der Waals surface area (Å²) < 4.78 is 4.84. The minimum Gasteiger partial charge on any atom is -0.490 e. The van der Waals surface area contributed by atoms with Crippen LogP contribution >= 0.6 is 0 Å². The average Bonchev–Trinajstić information content (AvgIpc) is 2.50. The van der Waals surface area contributed by atoms with Gasteiger partial charge in [0.1, 0.15) is 6.04 Å². The van der Waals surface area contributed by atoms with Crippen LogP contribution in [0.5, 0.6) is 5.75 Å². The van der Waals surface area contributed by atoms with E-state index in [1.807, 2.05) is 0 Å². The van der Waals surface area contributed by atoms with Crippen LogP contribution in [0, 0.1) is 10.1 Å². The molecule has 0 saturated heterocycles. The molecule has 0 heterocycles. The first-order valence-electron chi connectivity index (χ1n) is 6.38. The quantitative estimate of drug-likeness (QED) is 0.450. The molecule has 1 unspecified atom stereocenters. The predicted molar refractivity (Wildman–Crippen MR) is 78.0 cm³/mol. The zero-order valence-corrected chi connectivity index (χ0v) is 12.1. The third-order valence-corrected chi connectivity index (χ3v) is 2.85. The molecule has 1 rings (SSSR count). The van der Waals surface area contributed by atoms with Crippen LogP contribution in [0.4, 0.5) is 5.69 Å². The van der Waals surface area contributed by atoms with Gasteiger partial charge in [-0.1, -0.05) is 12.2 Å². The van der Waals surface area contributed by atoms with Gasteiger partial charge in [-0.15, -0.1) is 0 Å². The Morgan fingerprint density at radius 1 is 1.50 bits per heavy atom. The molecular weight excluding hydrogens is 292 g/mol. The van der Waals surface area contributed by atoms with Gasteiger partial charge >= 0.3 is 11.7 Å². The average molecular weight is 308 g/mol. The molecule has 8 nitrogen and oxygen atoms in total.